The molecule has 5 heteroatoms. The lowest BCUT2D eigenvalue weighted by molar-refractivity contribution is 0.373. The van der Waals surface area contributed by atoms with Gasteiger partial charge < -0.3 is 15.0 Å². The number of nitrogens with zero attached hydrogens (tertiary/aromatic N) is 3. The SMILES string of the molecule is CNc1ncnc(N2CC(C)CCC2C)c1OC. The standard InChI is InChI=1S/C13H22N4O/c1-9-5-6-10(2)17(7-9)13-11(18-4)12(14-3)15-8-16-13/h8-10H,5-7H2,1-4H3,(H,14,15,16). The number of hydrogen-bond acceptors (Lipinski definition) is 5. The predicted molar refractivity (Wildman–Crippen MR) is 73.3 cm³/mol. The van der Waals surface area contributed by atoms with Gasteiger partial charge in [0, 0.05) is 19.6 Å². The van der Waals surface area contributed by atoms with Gasteiger partial charge in [0.1, 0.15) is 6.33 Å². The Kier molecular flexibility index (Phi) is 3.89. The van der Waals surface area contributed by atoms with E-state index in [1.807, 2.05) is 7.05 Å². The molecule has 100 valence electrons. The maximum Gasteiger partial charge on any atom is 0.204 e. The van der Waals surface area contributed by atoms with Gasteiger partial charge in [-0.2, -0.15) is 0 Å². The zero-order valence-electron chi connectivity index (χ0n) is 11.6. The summed E-state index contributed by atoms with van der Waals surface area (Å²) in [7, 11) is 3.51. The summed E-state index contributed by atoms with van der Waals surface area (Å²) in [6, 6.07) is 0.495. The van der Waals surface area contributed by atoms with Crippen LogP contribution in [0.3, 0.4) is 0 Å². The molecule has 1 aliphatic heterocycles. The van der Waals surface area contributed by atoms with Crippen molar-refractivity contribution >= 4 is 11.6 Å². The van der Waals surface area contributed by atoms with Crippen molar-refractivity contribution in [2.45, 2.75) is 32.7 Å². The van der Waals surface area contributed by atoms with Crippen LogP contribution in [0, 0.1) is 5.92 Å². The monoisotopic (exact) mass is 250 g/mol. The number of anilines is 2. The average molecular weight is 250 g/mol. The highest BCUT2D eigenvalue weighted by atomic mass is 16.5. The molecule has 2 atom stereocenters. The van der Waals surface area contributed by atoms with E-state index in [1.54, 1.807) is 13.4 Å². The van der Waals surface area contributed by atoms with E-state index in [0.717, 1.165) is 23.9 Å². The summed E-state index contributed by atoms with van der Waals surface area (Å²) in [5, 5.41) is 3.05. The molecule has 0 saturated carbocycles. The Balaban J connectivity index is 2.36. The molecule has 2 unspecified atom stereocenters. The number of hydrogen-bond donors (Lipinski definition) is 1. The van der Waals surface area contributed by atoms with Gasteiger partial charge in [-0.3, -0.25) is 0 Å². The number of nitrogens with one attached hydrogen (secondary N) is 1. The summed E-state index contributed by atoms with van der Waals surface area (Å²) in [5.41, 5.74) is 0. The Morgan fingerprint density at radius 3 is 2.78 bits per heavy atom. The normalized spacial score (nSPS) is 23.9. The molecule has 18 heavy (non-hydrogen) atoms. The van der Waals surface area contributed by atoms with Gasteiger partial charge in [0.05, 0.1) is 7.11 Å². The van der Waals surface area contributed by atoms with Crippen molar-refractivity contribution in [3.05, 3.63) is 6.33 Å². The Morgan fingerprint density at radius 1 is 1.33 bits per heavy atom. The lowest BCUT2D eigenvalue weighted by Crippen LogP contribution is -2.41. The lowest BCUT2D eigenvalue weighted by Gasteiger charge is -2.38. The van der Waals surface area contributed by atoms with E-state index in [2.05, 4.69) is 34.0 Å². The molecule has 0 aliphatic carbocycles. The van der Waals surface area contributed by atoms with E-state index < -0.39 is 0 Å². The van der Waals surface area contributed by atoms with Crippen LogP contribution in [0.25, 0.3) is 0 Å². The van der Waals surface area contributed by atoms with Crippen LogP contribution in [-0.2, 0) is 0 Å². The first-order valence-corrected chi connectivity index (χ1v) is 6.50. The van der Waals surface area contributed by atoms with Gasteiger partial charge in [-0.1, -0.05) is 6.92 Å². The number of rotatable bonds is 3. The molecule has 1 aliphatic rings. The molecule has 0 spiro atoms. The number of aromatic nitrogens is 2. The topological polar surface area (TPSA) is 50.3 Å². The first-order valence-electron chi connectivity index (χ1n) is 6.50. The minimum atomic E-state index is 0.495. The van der Waals surface area contributed by atoms with Crippen LogP contribution in [0.1, 0.15) is 26.7 Å². The molecule has 2 rings (SSSR count). The minimum Gasteiger partial charge on any atom is -0.490 e. The van der Waals surface area contributed by atoms with E-state index in [1.165, 1.54) is 12.8 Å². The van der Waals surface area contributed by atoms with E-state index in [4.69, 9.17) is 4.74 Å². The molecule has 1 fully saturated rings. The average Bonchev–Trinajstić information content (AvgIpc) is 2.40. The molecule has 0 radical (unpaired) electrons. The zero-order chi connectivity index (χ0) is 13.1. The van der Waals surface area contributed by atoms with Crippen LogP contribution < -0.4 is 15.0 Å². The van der Waals surface area contributed by atoms with Crippen molar-refractivity contribution in [2.24, 2.45) is 5.92 Å². The summed E-state index contributed by atoms with van der Waals surface area (Å²) >= 11 is 0. The van der Waals surface area contributed by atoms with Crippen LogP contribution in [0.15, 0.2) is 6.33 Å². The fourth-order valence-electron chi connectivity index (χ4n) is 2.52. The lowest BCUT2D eigenvalue weighted by atomic mass is 9.95. The maximum atomic E-state index is 5.47. The van der Waals surface area contributed by atoms with Gasteiger partial charge in [-0.15, -0.1) is 0 Å². The molecular weight excluding hydrogens is 228 g/mol. The highest BCUT2D eigenvalue weighted by Crippen LogP contribution is 2.35. The summed E-state index contributed by atoms with van der Waals surface area (Å²) in [5.74, 6) is 3.07. The molecular formula is C13H22N4O. The van der Waals surface area contributed by atoms with Gasteiger partial charge in [-0.05, 0) is 25.7 Å². The smallest absolute Gasteiger partial charge is 0.204 e. The maximum absolute atomic E-state index is 5.47. The predicted octanol–water partition coefficient (Wildman–Crippen LogP) is 2.15. The first-order chi connectivity index (χ1) is 8.67. The van der Waals surface area contributed by atoms with Gasteiger partial charge in [0.15, 0.2) is 11.6 Å². The van der Waals surface area contributed by atoms with Crippen molar-refractivity contribution in [1.82, 2.24) is 9.97 Å². The van der Waals surface area contributed by atoms with Crippen LogP contribution in [0.2, 0.25) is 0 Å². The second kappa shape index (κ2) is 5.42. The summed E-state index contributed by atoms with van der Waals surface area (Å²) in [6.07, 6.45) is 4.07. The van der Waals surface area contributed by atoms with Gasteiger partial charge in [-0.25, -0.2) is 9.97 Å². The van der Waals surface area contributed by atoms with Crippen LogP contribution in [0.4, 0.5) is 11.6 Å². The summed E-state index contributed by atoms with van der Waals surface area (Å²) < 4.78 is 5.47. The molecule has 2 heterocycles. The number of piperidine rings is 1. The Labute approximate surface area is 109 Å². The molecule has 5 nitrogen and oxygen atoms in total. The highest BCUT2D eigenvalue weighted by Gasteiger charge is 2.27. The third-order valence-electron chi connectivity index (χ3n) is 3.62. The molecule has 0 aromatic carbocycles. The third-order valence-corrected chi connectivity index (χ3v) is 3.62. The van der Waals surface area contributed by atoms with E-state index in [9.17, 15) is 0 Å². The van der Waals surface area contributed by atoms with Crippen molar-refractivity contribution in [2.75, 3.05) is 30.9 Å². The van der Waals surface area contributed by atoms with Crippen molar-refractivity contribution in [3.8, 4) is 5.75 Å². The van der Waals surface area contributed by atoms with Crippen LogP contribution >= 0.6 is 0 Å². The largest absolute Gasteiger partial charge is 0.490 e. The molecule has 1 aromatic rings. The second-order valence-electron chi connectivity index (χ2n) is 5.01. The molecule has 1 saturated heterocycles. The zero-order valence-corrected chi connectivity index (χ0v) is 11.6. The van der Waals surface area contributed by atoms with Crippen LogP contribution in [-0.4, -0.2) is 36.7 Å². The van der Waals surface area contributed by atoms with E-state index >= 15 is 0 Å². The van der Waals surface area contributed by atoms with Gasteiger partial charge >= 0.3 is 0 Å². The Bertz CT molecular complexity index is 410. The van der Waals surface area contributed by atoms with Gasteiger partial charge in [0.2, 0.25) is 5.75 Å². The summed E-state index contributed by atoms with van der Waals surface area (Å²) in [4.78, 5) is 10.9. The van der Waals surface area contributed by atoms with Crippen molar-refractivity contribution in [1.29, 1.82) is 0 Å². The molecule has 0 bridgehead atoms. The third kappa shape index (κ3) is 2.35. The minimum absolute atomic E-state index is 0.495. The number of ether oxygens (including phenoxy) is 1. The summed E-state index contributed by atoms with van der Waals surface area (Å²) in [6.45, 7) is 5.55. The molecule has 0 amide bonds. The fraction of sp³-hybridized carbons (Fsp3) is 0.692. The first kappa shape index (κ1) is 12.9. The molecule has 1 N–H and O–H groups in total. The van der Waals surface area contributed by atoms with Crippen molar-refractivity contribution < 1.29 is 4.74 Å². The quantitative estimate of drug-likeness (QED) is 0.890. The van der Waals surface area contributed by atoms with Crippen molar-refractivity contribution in [3.63, 3.8) is 0 Å². The van der Waals surface area contributed by atoms with E-state index in [0.29, 0.717) is 12.0 Å². The second-order valence-corrected chi connectivity index (χ2v) is 5.01. The highest BCUT2D eigenvalue weighted by molar-refractivity contribution is 5.65. The molecule has 1 aromatic heterocycles. The van der Waals surface area contributed by atoms with Crippen LogP contribution in [0.5, 0.6) is 5.75 Å². The van der Waals surface area contributed by atoms with E-state index in [-0.39, 0.29) is 0 Å². The van der Waals surface area contributed by atoms with Gasteiger partial charge in [0.25, 0.3) is 0 Å². The Hall–Kier alpha value is -1.52. The Morgan fingerprint density at radius 2 is 2.11 bits per heavy atom. The fourth-order valence-corrected chi connectivity index (χ4v) is 2.52. The number of methoxy groups -OCH3 is 1.